The Hall–Kier alpha value is -1.66. The van der Waals surface area contributed by atoms with Gasteiger partial charge in [0.1, 0.15) is 0 Å². The fourth-order valence-corrected chi connectivity index (χ4v) is 3.32. The third-order valence-electron chi connectivity index (χ3n) is 3.47. The molecule has 7 heteroatoms. The van der Waals surface area contributed by atoms with Crippen LogP contribution in [0.3, 0.4) is 0 Å². The molecule has 0 unspecified atom stereocenters. The molecule has 2 aromatic rings. The molecule has 5 nitrogen and oxygen atoms in total. The Balaban J connectivity index is 1.62. The number of carbonyl (C=O) groups is 1. The molecule has 1 aliphatic rings. The molecule has 1 N–H and O–H groups in total. The summed E-state index contributed by atoms with van der Waals surface area (Å²) in [5.41, 5.74) is 0.627. The first kappa shape index (κ1) is 14.3. The van der Waals surface area contributed by atoms with Crippen molar-refractivity contribution in [3.05, 3.63) is 39.7 Å². The molecule has 3 rings (SSSR count). The van der Waals surface area contributed by atoms with E-state index < -0.39 is 0 Å². The van der Waals surface area contributed by atoms with Gasteiger partial charge in [0.25, 0.3) is 5.91 Å². The lowest BCUT2D eigenvalue weighted by Gasteiger charge is -2.33. The third kappa shape index (κ3) is 3.51. The van der Waals surface area contributed by atoms with E-state index in [9.17, 15) is 4.79 Å². The highest BCUT2D eigenvalue weighted by molar-refractivity contribution is 7.14. The summed E-state index contributed by atoms with van der Waals surface area (Å²) in [6, 6.07) is 5.63. The summed E-state index contributed by atoms with van der Waals surface area (Å²) in [5, 5.41) is 12.9. The lowest BCUT2D eigenvalue weighted by Crippen LogP contribution is -2.48. The minimum atomic E-state index is -0.0656. The predicted octanol–water partition coefficient (Wildman–Crippen LogP) is 2.59. The van der Waals surface area contributed by atoms with Crippen molar-refractivity contribution in [3.8, 4) is 0 Å². The van der Waals surface area contributed by atoms with Crippen molar-refractivity contribution in [2.75, 3.05) is 18.0 Å². The SMILES string of the molecule is O=C(N[C@H]1CCCN(c2cccnn2)C1)c1csc(Cl)c1. The van der Waals surface area contributed by atoms with Crippen molar-refractivity contribution in [3.63, 3.8) is 0 Å². The van der Waals surface area contributed by atoms with Crippen molar-refractivity contribution in [2.45, 2.75) is 18.9 Å². The Morgan fingerprint density at radius 1 is 1.52 bits per heavy atom. The summed E-state index contributed by atoms with van der Waals surface area (Å²) < 4.78 is 0.630. The molecule has 2 aromatic heterocycles. The van der Waals surface area contributed by atoms with Crippen LogP contribution in [0.15, 0.2) is 29.8 Å². The van der Waals surface area contributed by atoms with Crippen molar-refractivity contribution in [2.24, 2.45) is 0 Å². The summed E-state index contributed by atoms with van der Waals surface area (Å²) in [7, 11) is 0. The molecule has 1 saturated heterocycles. The van der Waals surface area contributed by atoms with E-state index in [1.54, 1.807) is 17.6 Å². The number of aromatic nitrogens is 2. The van der Waals surface area contributed by atoms with Crippen LogP contribution in [-0.2, 0) is 0 Å². The van der Waals surface area contributed by atoms with Gasteiger partial charge in [0.05, 0.1) is 9.90 Å². The maximum Gasteiger partial charge on any atom is 0.252 e. The highest BCUT2D eigenvalue weighted by Crippen LogP contribution is 2.21. The fraction of sp³-hybridized carbons (Fsp3) is 0.357. The van der Waals surface area contributed by atoms with Crippen LogP contribution in [0.5, 0.6) is 0 Å². The smallest absolute Gasteiger partial charge is 0.252 e. The monoisotopic (exact) mass is 322 g/mol. The molecule has 0 aliphatic carbocycles. The van der Waals surface area contributed by atoms with Gasteiger partial charge in [-0.15, -0.1) is 16.4 Å². The Morgan fingerprint density at radius 3 is 3.14 bits per heavy atom. The molecule has 21 heavy (non-hydrogen) atoms. The molecule has 110 valence electrons. The average molecular weight is 323 g/mol. The number of nitrogens with zero attached hydrogens (tertiary/aromatic N) is 3. The molecular weight excluding hydrogens is 308 g/mol. The largest absolute Gasteiger partial charge is 0.353 e. The fourth-order valence-electron chi connectivity index (χ4n) is 2.46. The Kier molecular flexibility index (Phi) is 4.36. The van der Waals surface area contributed by atoms with E-state index in [1.807, 2.05) is 12.1 Å². The van der Waals surface area contributed by atoms with E-state index >= 15 is 0 Å². The summed E-state index contributed by atoms with van der Waals surface area (Å²) in [4.78, 5) is 14.3. The number of hydrogen-bond acceptors (Lipinski definition) is 5. The van der Waals surface area contributed by atoms with Crippen LogP contribution >= 0.6 is 22.9 Å². The Bertz CT molecular complexity index is 618. The average Bonchev–Trinajstić information content (AvgIpc) is 2.95. The number of thiophene rings is 1. The lowest BCUT2D eigenvalue weighted by molar-refractivity contribution is 0.0933. The number of halogens is 1. The number of amides is 1. The van der Waals surface area contributed by atoms with E-state index in [-0.39, 0.29) is 11.9 Å². The quantitative estimate of drug-likeness (QED) is 0.943. The van der Waals surface area contributed by atoms with E-state index in [2.05, 4.69) is 20.4 Å². The highest BCUT2D eigenvalue weighted by atomic mass is 35.5. The Morgan fingerprint density at radius 2 is 2.43 bits per heavy atom. The minimum Gasteiger partial charge on any atom is -0.353 e. The van der Waals surface area contributed by atoms with Gasteiger partial charge in [0, 0.05) is 30.7 Å². The number of piperidine rings is 1. The van der Waals surface area contributed by atoms with Crippen LogP contribution in [0.4, 0.5) is 5.82 Å². The van der Waals surface area contributed by atoms with Crippen LogP contribution < -0.4 is 10.2 Å². The molecule has 3 heterocycles. The van der Waals surface area contributed by atoms with Crippen LogP contribution in [0.25, 0.3) is 0 Å². The van der Waals surface area contributed by atoms with Crippen LogP contribution in [-0.4, -0.2) is 35.2 Å². The predicted molar refractivity (Wildman–Crippen MR) is 84.1 cm³/mol. The maximum absolute atomic E-state index is 12.2. The number of nitrogens with one attached hydrogen (secondary N) is 1. The van der Waals surface area contributed by atoms with E-state index in [0.717, 1.165) is 31.7 Å². The van der Waals surface area contributed by atoms with E-state index in [1.165, 1.54) is 11.3 Å². The van der Waals surface area contributed by atoms with Gasteiger partial charge in [-0.1, -0.05) is 11.6 Å². The molecular formula is C14H15ClN4OS. The zero-order valence-electron chi connectivity index (χ0n) is 11.3. The number of carbonyl (C=O) groups excluding carboxylic acids is 1. The highest BCUT2D eigenvalue weighted by Gasteiger charge is 2.23. The topological polar surface area (TPSA) is 58.1 Å². The first-order valence-corrected chi connectivity index (χ1v) is 8.05. The maximum atomic E-state index is 12.2. The molecule has 0 bridgehead atoms. The first-order valence-electron chi connectivity index (χ1n) is 6.80. The van der Waals surface area contributed by atoms with Gasteiger partial charge in [0.15, 0.2) is 5.82 Å². The third-order valence-corrected chi connectivity index (χ3v) is 4.56. The minimum absolute atomic E-state index is 0.0656. The number of anilines is 1. The lowest BCUT2D eigenvalue weighted by atomic mass is 10.1. The van der Waals surface area contributed by atoms with Gasteiger partial charge in [-0.25, -0.2) is 0 Å². The van der Waals surface area contributed by atoms with Gasteiger partial charge < -0.3 is 10.2 Å². The normalized spacial score (nSPS) is 18.5. The molecule has 1 amide bonds. The molecule has 1 atom stereocenters. The zero-order chi connectivity index (χ0) is 14.7. The van der Waals surface area contributed by atoms with Crippen LogP contribution in [0.1, 0.15) is 23.2 Å². The van der Waals surface area contributed by atoms with Crippen LogP contribution in [0.2, 0.25) is 4.34 Å². The van der Waals surface area contributed by atoms with Crippen molar-refractivity contribution < 1.29 is 4.79 Å². The second kappa shape index (κ2) is 6.41. The summed E-state index contributed by atoms with van der Waals surface area (Å²) >= 11 is 7.23. The molecule has 1 aliphatic heterocycles. The molecule has 0 spiro atoms. The zero-order valence-corrected chi connectivity index (χ0v) is 12.9. The molecule has 0 aromatic carbocycles. The van der Waals surface area contributed by atoms with E-state index in [4.69, 9.17) is 11.6 Å². The number of hydrogen-bond donors (Lipinski definition) is 1. The van der Waals surface area contributed by atoms with Gasteiger partial charge in [-0.3, -0.25) is 4.79 Å². The van der Waals surface area contributed by atoms with Crippen molar-refractivity contribution in [1.29, 1.82) is 0 Å². The summed E-state index contributed by atoms with van der Waals surface area (Å²) in [6.07, 6.45) is 3.65. The van der Waals surface area contributed by atoms with Crippen molar-refractivity contribution >= 4 is 34.7 Å². The Labute approximate surface area is 131 Å². The van der Waals surface area contributed by atoms with Gasteiger partial charge in [0.2, 0.25) is 0 Å². The standard InChI is InChI=1S/C14H15ClN4OS/c15-12-7-10(9-21-12)14(20)17-11-3-2-6-19(8-11)13-4-1-5-16-18-13/h1,4-5,7,9,11H,2-3,6,8H2,(H,17,20)/t11-/m0/s1. The number of rotatable bonds is 3. The van der Waals surface area contributed by atoms with Gasteiger partial charge in [-0.2, -0.15) is 5.10 Å². The molecule has 0 radical (unpaired) electrons. The van der Waals surface area contributed by atoms with Crippen LogP contribution in [0, 0.1) is 0 Å². The molecule has 0 saturated carbocycles. The molecule has 1 fully saturated rings. The second-order valence-corrected chi connectivity index (χ2v) is 6.52. The summed E-state index contributed by atoms with van der Waals surface area (Å²) in [5.74, 6) is 0.791. The van der Waals surface area contributed by atoms with Gasteiger partial charge in [-0.05, 0) is 31.0 Å². The second-order valence-electron chi connectivity index (χ2n) is 4.98. The van der Waals surface area contributed by atoms with Gasteiger partial charge >= 0.3 is 0 Å². The first-order chi connectivity index (χ1) is 10.2. The van der Waals surface area contributed by atoms with E-state index in [0.29, 0.717) is 9.90 Å². The summed E-state index contributed by atoms with van der Waals surface area (Å²) in [6.45, 7) is 1.69. The van der Waals surface area contributed by atoms with Crippen molar-refractivity contribution in [1.82, 2.24) is 15.5 Å².